The summed E-state index contributed by atoms with van der Waals surface area (Å²) in [6.45, 7) is 0.977. The molecule has 21 heavy (non-hydrogen) atoms. The molecule has 2 fully saturated rings. The molecular weight excluding hydrogens is 266 g/mol. The van der Waals surface area contributed by atoms with E-state index in [9.17, 15) is 4.79 Å². The van der Waals surface area contributed by atoms with Crippen molar-refractivity contribution in [2.75, 3.05) is 13.7 Å². The zero-order valence-corrected chi connectivity index (χ0v) is 12.1. The van der Waals surface area contributed by atoms with Crippen molar-refractivity contribution in [2.45, 2.75) is 43.2 Å². The Balaban J connectivity index is 1.83. The molecule has 2 heterocycles. The number of Topliss-reactive ketones (excluding diaryl/α,β-unsaturated/α-hetero) is 1. The molecule has 4 aliphatic rings. The molecule has 1 aromatic rings. The fraction of sp³-hybridized carbons (Fsp3) is 0.588. The predicted octanol–water partition coefficient (Wildman–Crippen LogP) is 1.59. The summed E-state index contributed by atoms with van der Waals surface area (Å²) >= 11 is 0. The van der Waals surface area contributed by atoms with Crippen molar-refractivity contribution in [3.05, 3.63) is 23.3 Å². The summed E-state index contributed by atoms with van der Waals surface area (Å²) in [6, 6.07) is 4.65. The van der Waals surface area contributed by atoms with Crippen molar-refractivity contribution in [1.82, 2.24) is 5.32 Å². The van der Waals surface area contributed by atoms with E-state index in [1.807, 2.05) is 6.07 Å². The minimum atomic E-state index is -0.286. The van der Waals surface area contributed by atoms with Gasteiger partial charge in [0.25, 0.3) is 0 Å². The molecule has 2 aliphatic carbocycles. The summed E-state index contributed by atoms with van der Waals surface area (Å²) in [5.74, 6) is 2.43. The van der Waals surface area contributed by atoms with Crippen LogP contribution in [-0.4, -0.2) is 31.6 Å². The zero-order chi connectivity index (χ0) is 14.2. The lowest BCUT2D eigenvalue weighted by atomic mass is 9.52. The number of hydrogen-bond acceptors (Lipinski definition) is 4. The lowest BCUT2D eigenvalue weighted by Gasteiger charge is -2.54. The van der Waals surface area contributed by atoms with E-state index in [1.165, 1.54) is 11.1 Å². The van der Waals surface area contributed by atoms with Crippen molar-refractivity contribution in [3.63, 3.8) is 0 Å². The first-order valence-corrected chi connectivity index (χ1v) is 7.89. The molecule has 110 valence electrons. The number of ketones is 1. The average molecular weight is 285 g/mol. The highest BCUT2D eigenvalue weighted by Gasteiger charge is 2.64. The van der Waals surface area contributed by atoms with Crippen molar-refractivity contribution < 1.29 is 14.3 Å². The fourth-order valence-electron chi connectivity index (χ4n) is 5.40. The highest BCUT2D eigenvalue weighted by atomic mass is 16.5. The molecule has 1 saturated carbocycles. The van der Waals surface area contributed by atoms with Gasteiger partial charge in [-0.3, -0.25) is 4.79 Å². The first-order valence-electron chi connectivity index (χ1n) is 7.89. The number of nitrogens with one attached hydrogen (secondary N) is 1. The van der Waals surface area contributed by atoms with Crippen LogP contribution >= 0.6 is 0 Å². The third-order valence-corrected chi connectivity index (χ3v) is 6.12. The highest BCUT2D eigenvalue weighted by molar-refractivity contribution is 5.89. The summed E-state index contributed by atoms with van der Waals surface area (Å²) in [5, 5.41) is 3.67. The molecule has 1 saturated heterocycles. The molecule has 4 heteroatoms. The van der Waals surface area contributed by atoms with E-state index < -0.39 is 0 Å². The number of piperidine rings is 1. The van der Waals surface area contributed by atoms with Gasteiger partial charge in [-0.25, -0.2) is 0 Å². The normalized spacial score (nSPS) is 38.7. The van der Waals surface area contributed by atoms with Gasteiger partial charge in [-0.15, -0.1) is 0 Å². The van der Waals surface area contributed by atoms with Gasteiger partial charge in [-0.2, -0.15) is 0 Å². The molecule has 0 amide bonds. The summed E-state index contributed by atoms with van der Waals surface area (Å²) in [7, 11) is 1.68. The van der Waals surface area contributed by atoms with Gasteiger partial charge in [0.1, 0.15) is 0 Å². The molecule has 2 aliphatic heterocycles. The van der Waals surface area contributed by atoms with Gasteiger partial charge in [0, 0.05) is 23.4 Å². The van der Waals surface area contributed by atoms with Crippen molar-refractivity contribution in [3.8, 4) is 11.5 Å². The Hall–Kier alpha value is -1.55. The quantitative estimate of drug-likeness (QED) is 0.851. The van der Waals surface area contributed by atoms with E-state index in [-0.39, 0.29) is 17.3 Å². The maximum Gasteiger partial charge on any atom is 0.174 e. The smallest absolute Gasteiger partial charge is 0.174 e. The van der Waals surface area contributed by atoms with Gasteiger partial charge in [0.2, 0.25) is 0 Å². The fourth-order valence-corrected chi connectivity index (χ4v) is 5.40. The maximum absolute atomic E-state index is 12.5. The minimum absolute atomic E-state index is 0.0945. The molecule has 2 bridgehead atoms. The Bertz CT molecular complexity index is 656. The van der Waals surface area contributed by atoms with E-state index >= 15 is 0 Å². The SMILES string of the molecule is COc1ccc2c3c1O[C@@H]1C(=O)CCC4[C@H](C2)NCC[C@]341. The number of carbonyl (C=O) groups is 1. The Labute approximate surface area is 123 Å². The van der Waals surface area contributed by atoms with Crippen LogP contribution < -0.4 is 14.8 Å². The van der Waals surface area contributed by atoms with E-state index in [2.05, 4.69) is 11.4 Å². The summed E-state index contributed by atoms with van der Waals surface area (Å²) in [4.78, 5) is 12.5. The van der Waals surface area contributed by atoms with E-state index in [0.29, 0.717) is 18.4 Å². The molecule has 1 unspecified atom stereocenters. The molecule has 5 rings (SSSR count). The lowest BCUT2D eigenvalue weighted by molar-refractivity contribution is -0.135. The summed E-state index contributed by atoms with van der Waals surface area (Å²) in [6.07, 6.45) is 3.40. The summed E-state index contributed by atoms with van der Waals surface area (Å²) in [5.41, 5.74) is 2.54. The van der Waals surface area contributed by atoms with Gasteiger partial charge >= 0.3 is 0 Å². The molecule has 0 radical (unpaired) electrons. The van der Waals surface area contributed by atoms with Crippen LogP contribution in [0.5, 0.6) is 11.5 Å². The zero-order valence-electron chi connectivity index (χ0n) is 12.1. The second kappa shape index (κ2) is 3.80. The number of methoxy groups -OCH3 is 1. The van der Waals surface area contributed by atoms with Crippen LogP contribution in [0, 0.1) is 5.92 Å². The van der Waals surface area contributed by atoms with Crippen LogP contribution in [0.4, 0.5) is 0 Å². The molecule has 4 nitrogen and oxygen atoms in total. The van der Waals surface area contributed by atoms with Crippen LogP contribution in [-0.2, 0) is 16.6 Å². The Morgan fingerprint density at radius 3 is 3.19 bits per heavy atom. The number of ether oxygens (including phenoxy) is 2. The van der Waals surface area contributed by atoms with E-state index in [1.54, 1.807) is 7.11 Å². The summed E-state index contributed by atoms with van der Waals surface area (Å²) < 4.78 is 11.7. The van der Waals surface area contributed by atoms with Gasteiger partial charge in [0.05, 0.1) is 7.11 Å². The van der Waals surface area contributed by atoms with Crippen LogP contribution in [0.1, 0.15) is 30.4 Å². The van der Waals surface area contributed by atoms with Crippen molar-refractivity contribution >= 4 is 5.78 Å². The first kappa shape index (κ1) is 12.0. The Morgan fingerprint density at radius 2 is 2.33 bits per heavy atom. The van der Waals surface area contributed by atoms with Crippen molar-refractivity contribution in [2.24, 2.45) is 5.92 Å². The Kier molecular flexibility index (Phi) is 2.18. The number of hydrogen-bond donors (Lipinski definition) is 1. The molecule has 1 aromatic carbocycles. The van der Waals surface area contributed by atoms with Gasteiger partial charge < -0.3 is 14.8 Å². The van der Waals surface area contributed by atoms with Crippen LogP contribution in [0.2, 0.25) is 0 Å². The third-order valence-electron chi connectivity index (χ3n) is 6.12. The molecular formula is C17H19NO3. The molecule has 4 atom stereocenters. The standard InChI is InChI=1S/C17H19NO3/c1-20-13-5-2-9-8-11-10-3-4-12(19)16-17(10,6-7-18-11)14(9)15(13)21-16/h2,5,10-11,16,18H,3-4,6-8H2,1H3/t10?,11-,16+,17+/m0/s1. The largest absolute Gasteiger partial charge is 0.493 e. The molecule has 0 aromatic heterocycles. The predicted molar refractivity (Wildman–Crippen MR) is 76.9 cm³/mol. The van der Waals surface area contributed by atoms with Gasteiger partial charge in [-0.1, -0.05) is 6.07 Å². The second-order valence-electron chi connectivity index (χ2n) is 6.80. The maximum atomic E-state index is 12.5. The highest BCUT2D eigenvalue weighted by Crippen LogP contribution is 2.61. The van der Waals surface area contributed by atoms with Crippen LogP contribution in [0.15, 0.2) is 12.1 Å². The average Bonchev–Trinajstić information content (AvgIpc) is 2.83. The second-order valence-corrected chi connectivity index (χ2v) is 6.80. The minimum Gasteiger partial charge on any atom is -0.493 e. The third kappa shape index (κ3) is 1.24. The molecule has 1 spiro atoms. The van der Waals surface area contributed by atoms with E-state index in [4.69, 9.17) is 9.47 Å². The molecule has 1 N–H and O–H groups in total. The topological polar surface area (TPSA) is 47.6 Å². The number of carbonyl (C=O) groups excluding carboxylic acids is 1. The van der Waals surface area contributed by atoms with Gasteiger partial charge in [0.15, 0.2) is 23.4 Å². The first-order chi connectivity index (χ1) is 10.3. The number of rotatable bonds is 1. The van der Waals surface area contributed by atoms with E-state index in [0.717, 1.165) is 37.3 Å². The van der Waals surface area contributed by atoms with Crippen molar-refractivity contribution in [1.29, 1.82) is 0 Å². The monoisotopic (exact) mass is 285 g/mol. The number of benzene rings is 1. The van der Waals surface area contributed by atoms with Crippen LogP contribution in [0.25, 0.3) is 0 Å². The lowest BCUT2D eigenvalue weighted by Crippen LogP contribution is -2.65. The Morgan fingerprint density at radius 1 is 1.43 bits per heavy atom. The van der Waals surface area contributed by atoms with Crippen LogP contribution in [0.3, 0.4) is 0 Å². The van der Waals surface area contributed by atoms with Gasteiger partial charge in [-0.05, 0) is 43.4 Å².